The number of nitrogens with one attached hydrogen (secondary N) is 1. The van der Waals surface area contributed by atoms with Crippen LogP contribution >= 0.6 is 0 Å². The van der Waals surface area contributed by atoms with E-state index in [9.17, 15) is 18.4 Å². The van der Waals surface area contributed by atoms with Gasteiger partial charge in [-0.15, -0.1) is 0 Å². The first-order valence-electron chi connectivity index (χ1n) is 7.82. The summed E-state index contributed by atoms with van der Waals surface area (Å²) in [6.07, 6.45) is 1.48. The van der Waals surface area contributed by atoms with Gasteiger partial charge < -0.3 is 10.1 Å². The lowest BCUT2D eigenvalue weighted by Crippen LogP contribution is -2.23. The molecule has 0 aliphatic rings. The molecule has 2 aromatic carbocycles. The lowest BCUT2D eigenvalue weighted by Gasteiger charge is -2.09. The summed E-state index contributed by atoms with van der Waals surface area (Å²) in [6, 6.07) is 12.6. The van der Waals surface area contributed by atoms with Crippen LogP contribution in [0.25, 0.3) is 10.9 Å². The molecule has 1 N–H and O–H groups in total. The Morgan fingerprint density at radius 2 is 1.88 bits per heavy atom. The number of benzene rings is 2. The van der Waals surface area contributed by atoms with Crippen LogP contribution in [0, 0.1) is 0 Å². The Balaban J connectivity index is 1.61. The highest BCUT2D eigenvalue weighted by Crippen LogP contribution is 2.17. The van der Waals surface area contributed by atoms with E-state index in [-0.39, 0.29) is 30.2 Å². The zero-order chi connectivity index (χ0) is 18.5. The fourth-order valence-corrected chi connectivity index (χ4v) is 2.43. The van der Waals surface area contributed by atoms with E-state index in [1.165, 1.54) is 35.2 Å². The van der Waals surface area contributed by atoms with Gasteiger partial charge in [-0.3, -0.25) is 14.2 Å². The molecule has 134 valence electrons. The van der Waals surface area contributed by atoms with E-state index in [1.807, 2.05) is 0 Å². The van der Waals surface area contributed by atoms with E-state index in [4.69, 9.17) is 0 Å². The van der Waals surface area contributed by atoms with Gasteiger partial charge in [-0.05, 0) is 36.4 Å². The van der Waals surface area contributed by atoms with E-state index < -0.39 is 6.61 Å². The number of alkyl halides is 2. The zero-order valence-electron chi connectivity index (χ0n) is 13.6. The zero-order valence-corrected chi connectivity index (χ0v) is 13.6. The Morgan fingerprint density at radius 1 is 1.15 bits per heavy atom. The van der Waals surface area contributed by atoms with Gasteiger partial charge in [-0.2, -0.15) is 8.78 Å². The van der Waals surface area contributed by atoms with Crippen molar-refractivity contribution in [1.29, 1.82) is 0 Å². The molecule has 1 heterocycles. The number of rotatable bonds is 6. The van der Waals surface area contributed by atoms with E-state index in [2.05, 4.69) is 15.0 Å². The number of ether oxygens (including phenoxy) is 1. The average molecular weight is 359 g/mol. The first-order valence-corrected chi connectivity index (χ1v) is 7.82. The third-order valence-electron chi connectivity index (χ3n) is 3.67. The van der Waals surface area contributed by atoms with Crippen LogP contribution in [-0.4, -0.2) is 22.1 Å². The predicted octanol–water partition coefficient (Wildman–Crippen LogP) is 3.03. The van der Waals surface area contributed by atoms with Crippen molar-refractivity contribution in [1.82, 2.24) is 9.55 Å². The highest BCUT2D eigenvalue weighted by atomic mass is 19.3. The number of fused-ring (bicyclic) bond motifs is 1. The van der Waals surface area contributed by atoms with Crippen molar-refractivity contribution < 1.29 is 18.3 Å². The lowest BCUT2D eigenvalue weighted by atomic mass is 10.2. The number of amides is 1. The molecule has 0 spiro atoms. The maximum Gasteiger partial charge on any atom is 0.387 e. The van der Waals surface area contributed by atoms with Crippen molar-refractivity contribution in [3.63, 3.8) is 0 Å². The van der Waals surface area contributed by atoms with E-state index in [1.54, 1.807) is 24.3 Å². The molecule has 0 bridgehead atoms. The van der Waals surface area contributed by atoms with Crippen molar-refractivity contribution in [3.8, 4) is 5.75 Å². The topological polar surface area (TPSA) is 73.2 Å². The van der Waals surface area contributed by atoms with Gasteiger partial charge in [0.25, 0.3) is 5.56 Å². The summed E-state index contributed by atoms with van der Waals surface area (Å²) in [5.74, 6) is -0.306. The SMILES string of the molecule is O=C(CCn1cnc2ccccc2c1=O)Nc1ccc(OC(F)F)cc1. The summed E-state index contributed by atoms with van der Waals surface area (Å²) in [4.78, 5) is 28.6. The van der Waals surface area contributed by atoms with E-state index >= 15 is 0 Å². The van der Waals surface area contributed by atoms with Gasteiger partial charge in [-0.1, -0.05) is 12.1 Å². The number of nitrogens with zero attached hydrogens (tertiary/aromatic N) is 2. The van der Waals surface area contributed by atoms with Crippen LogP contribution in [-0.2, 0) is 11.3 Å². The molecule has 8 heteroatoms. The quantitative estimate of drug-likeness (QED) is 0.734. The molecule has 3 aromatic rings. The summed E-state index contributed by atoms with van der Waals surface area (Å²) < 4.78 is 29.8. The second-order valence-corrected chi connectivity index (χ2v) is 5.46. The molecular formula is C18H15F2N3O3. The largest absolute Gasteiger partial charge is 0.435 e. The molecule has 0 fully saturated rings. The standard InChI is InChI=1S/C18H15F2N3O3/c19-18(20)26-13-7-5-12(6-8-13)22-16(24)9-10-23-11-21-15-4-2-1-3-14(15)17(23)25/h1-8,11,18H,9-10H2,(H,22,24). The fraction of sp³-hybridized carbons (Fsp3) is 0.167. The maximum absolute atomic E-state index is 12.3. The molecule has 26 heavy (non-hydrogen) atoms. The van der Waals surface area contributed by atoms with Crippen molar-refractivity contribution >= 4 is 22.5 Å². The van der Waals surface area contributed by atoms with Crippen LogP contribution in [0.3, 0.4) is 0 Å². The first-order chi connectivity index (χ1) is 12.5. The van der Waals surface area contributed by atoms with Crippen LogP contribution in [0.1, 0.15) is 6.42 Å². The minimum Gasteiger partial charge on any atom is -0.435 e. The van der Waals surface area contributed by atoms with E-state index in [0.717, 1.165) is 0 Å². The molecule has 6 nitrogen and oxygen atoms in total. The number of hydrogen-bond donors (Lipinski definition) is 1. The number of aromatic nitrogens is 2. The number of carbonyl (C=O) groups excluding carboxylic acids is 1. The van der Waals surface area contributed by atoms with E-state index in [0.29, 0.717) is 16.6 Å². The monoisotopic (exact) mass is 359 g/mol. The van der Waals surface area contributed by atoms with Gasteiger partial charge in [-0.25, -0.2) is 4.98 Å². The number of halogens is 2. The summed E-state index contributed by atoms with van der Waals surface area (Å²) in [5.41, 5.74) is 0.835. The third kappa shape index (κ3) is 4.21. The van der Waals surface area contributed by atoms with Crippen molar-refractivity contribution in [2.75, 3.05) is 5.32 Å². The van der Waals surface area contributed by atoms with Gasteiger partial charge in [0.05, 0.1) is 17.2 Å². The number of aryl methyl sites for hydroxylation is 1. The molecule has 1 aromatic heterocycles. The Morgan fingerprint density at radius 3 is 2.62 bits per heavy atom. The van der Waals surface area contributed by atoms with Gasteiger partial charge in [0.1, 0.15) is 5.75 Å². The highest BCUT2D eigenvalue weighted by molar-refractivity contribution is 5.90. The summed E-state index contributed by atoms with van der Waals surface area (Å²) in [6.45, 7) is -2.72. The summed E-state index contributed by atoms with van der Waals surface area (Å²) >= 11 is 0. The highest BCUT2D eigenvalue weighted by Gasteiger charge is 2.08. The van der Waals surface area contributed by atoms with Crippen LogP contribution in [0.15, 0.2) is 59.7 Å². The molecule has 0 radical (unpaired) electrons. The molecule has 3 rings (SSSR count). The molecular weight excluding hydrogens is 344 g/mol. The van der Waals surface area contributed by atoms with Gasteiger partial charge in [0, 0.05) is 18.7 Å². The Hall–Kier alpha value is -3.29. The number of hydrogen-bond acceptors (Lipinski definition) is 4. The predicted molar refractivity (Wildman–Crippen MR) is 92.3 cm³/mol. The Kier molecular flexibility index (Phi) is 5.21. The summed E-state index contributed by atoms with van der Waals surface area (Å²) in [7, 11) is 0. The second kappa shape index (κ2) is 7.73. The van der Waals surface area contributed by atoms with Gasteiger partial charge in [0.2, 0.25) is 5.91 Å². The molecule has 0 atom stereocenters. The van der Waals surface area contributed by atoms with Crippen LogP contribution < -0.4 is 15.6 Å². The molecule has 1 amide bonds. The van der Waals surface area contributed by atoms with Crippen LogP contribution in [0.5, 0.6) is 5.75 Å². The number of anilines is 1. The van der Waals surface area contributed by atoms with Gasteiger partial charge in [0.15, 0.2) is 0 Å². The van der Waals surface area contributed by atoms with Crippen molar-refractivity contribution in [2.24, 2.45) is 0 Å². The molecule has 0 aliphatic carbocycles. The molecule has 0 aliphatic heterocycles. The Labute approximate surface area is 147 Å². The minimum absolute atomic E-state index is 0.00629. The second-order valence-electron chi connectivity index (χ2n) is 5.46. The minimum atomic E-state index is -2.90. The molecule has 0 saturated carbocycles. The number of para-hydroxylation sites is 1. The lowest BCUT2D eigenvalue weighted by molar-refractivity contribution is -0.116. The third-order valence-corrected chi connectivity index (χ3v) is 3.67. The normalized spacial score (nSPS) is 10.9. The summed E-state index contributed by atoms with van der Waals surface area (Å²) in [5, 5.41) is 3.12. The molecule has 0 unspecified atom stereocenters. The van der Waals surface area contributed by atoms with Crippen LogP contribution in [0.4, 0.5) is 14.5 Å². The maximum atomic E-state index is 12.3. The smallest absolute Gasteiger partial charge is 0.387 e. The van der Waals surface area contributed by atoms with Crippen molar-refractivity contribution in [3.05, 3.63) is 65.2 Å². The average Bonchev–Trinajstić information content (AvgIpc) is 2.63. The fourth-order valence-electron chi connectivity index (χ4n) is 2.43. The van der Waals surface area contributed by atoms with Crippen molar-refractivity contribution in [2.45, 2.75) is 19.6 Å². The Bertz CT molecular complexity index is 971. The van der Waals surface area contributed by atoms with Gasteiger partial charge >= 0.3 is 6.61 Å². The van der Waals surface area contributed by atoms with Crippen LogP contribution in [0.2, 0.25) is 0 Å². The molecule has 0 saturated heterocycles. The first kappa shape index (κ1) is 17.5. The number of carbonyl (C=O) groups is 1.